The number of anilines is 2. The van der Waals surface area contributed by atoms with E-state index in [0.29, 0.717) is 48.8 Å². The maximum atomic E-state index is 14.3. The normalized spacial score (nSPS) is 20.6. The second kappa shape index (κ2) is 10.9. The highest BCUT2D eigenvalue weighted by molar-refractivity contribution is 5.39. The van der Waals surface area contributed by atoms with Crippen LogP contribution in [-0.4, -0.2) is 58.8 Å². The standard InChI is InChI=1S/C27H33F2N7O/c1-17(2)19-10-31-26(32-11-19)35-7-5-18(6-8-35)16-37-21-12-33-27(34-13-21)36-14-23(25(30)15-36)22-9-20(28)3-4-24(22)29/h3-4,9-13,17-18,23,25H,5-8,14-16,30H2,1-2H3/t23-,25+/m1/s1. The highest BCUT2D eigenvalue weighted by atomic mass is 19.1. The summed E-state index contributed by atoms with van der Waals surface area (Å²) in [7, 11) is 0. The van der Waals surface area contributed by atoms with Gasteiger partial charge >= 0.3 is 0 Å². The number of piperidine rings is 1. The maximum Gasteiger partial charge on any atom is 0.225 e. The van der Waals surface area contributed by atoms with Gasteiger partial charge in [0, 0.05) is 50.5 Å². The van der Waals surface area contributed by atoms with Gasteiger partial charge in [0.25, 0.3) is 0 Å². The molecular weight excluding hydrogens is 476 g/mol. The fourth-order valence-electron chi connectivity index (χ4n) is 4.97. The van der Waals surface area contributed by atoms with Crippen molar-refractivity contribution in [3.05, 3.63) is 65.7 Å². The van der Waals surface area contributed by atoms with Crippen molar-refractivity contribution in [1.82, 2.24) is 19.9 Å². The molecule has 0 amide bonds. The molecule has 10 heteroatoms. The molecule has 196 valence electrons. The molecule has 5 rings (SSSR count). The molecule has 0 unspecified atom stereocenters. The van der Waals surface area contributed by atoms with Crippen LogP contribution in [-0.2, 0) is 0 Å². The van der Waals surface area contributed by atoms with Gasteiger partial charge in [-0.2, -0.15) is 0 Å². The van der Waals surface area contributed by atoms with Gasteiger partial charge in [0.15, 0.2) is 5.75 Å². The zero-order valence-electron chi connectivity index (χ0n) is 21.2. The second-order valence-electron chi connectivity index (χ2n) is 10.3. The Morgan fingerprint density at radius 1 is 0.946 bits per heavy atom. The molecule has 1 aromatic carbocycles. The number of benzene rings is 1. The van der Waals surface area contributed by atoms with Crippen LogP contribution in [0.5, 0.6) is 5.75 Å². The first-order chi connectivity index (χ1) is 17.9. The van der Waals surface area contributed by atoms with Gasteiger partial charge in [-0.15, -0.1) is 0 Å². The predicted molar refractivity (Wildman–Crippen MR) is 138 cm³/mol. The van der Waals surface area contributed by atoms with Gasteiger partial charge in [-0.1, -0.05) is 13.8 Å². The Morgan fingerprint density at radius 3 is 2.27 bits per heavy atom. The zero-order chi connectivity index (χ0) is 25.9. The topological polar surface area (TPSA) is 93.3 Å². The van der Waals surface area contributed by atoms with E-state index < -0.39 is 11.6 Å². The van der Waals surface area contributed by atoms with E-state index in [1.807, 2.05) is 17.3 Å². The largest absolute Gasteiger partial charge is 0.490 e. The molecule has 3 aromatic rings. The first-order valence-corrected chi connectivity index (χ1v) is 12.8. The Bertz CT molecular complexity index is 1180. The van der Waals surface area contributed by atoms with Crippen LogP contribution < -0.4 is 20.3 Å². The molecule has 2 fully saturated rings. The smallest absolute Gasteiger partial charge is 0.225 e. The molecule has 2 atom stereocenters. The van der Waals surface area contributed by atoms with Crippen molar-refractivity contribution in [3.63, 3.8) is 0 Å². The molecule has 0 bridgehead atoms. The maximum absolute atomic E-state index is 14.3. The minimum absolute atomic E-state index is 0.292. The number of nitrogens with two attached hydrogens (primary N) is 1. The van der Waals surface area contributed by atoms with Gasteiger partial charge in [-0.25, -0.2) is 28.7 Å². The fraction of sp³-hybridized carbons (Fsp3) is 0.481. The third-order valence-corrected chi connectivity index (χ3v) is 7.33. The van der Waals surface area contributed by atoms with Crippen molar-refractivity contribution in [2.75, 3.05) is 42.6 Å². The lowest BCUT2D eigenvalue weighted by Crippen LogP contribution is -2.36. The monoisotopic (exact) mass is 509 g/mol. The van der Waals surface area contributed by atoms with E-state index in [4.69, 9.17) is 10.5 Å². The lowest BCUT2D eigenvalue weighted by atomic mass is 9.94. The number of hydrogen-bond donors (Lipinski definition) is 1. The van der Waals surface area contributed by atoms with E-state index >= 15 is 0 Å². The van der Waals surface area contributed by atoms with E-state index in [2.05, 4.69) is 38.7 Å². The molecule has 37 heavy (non-hydrogen) atoms. The van der Waals surface area contributed by atoms with Gasteiger partial charge < -0.3 is 20.3 Å². The molecule has 0 radical (unpaired) electrons. The van der Waals surface area contributed by atoms with Crippen LogP contribution in [0.4, 0.5) is 20.7 Å². The van der Waals surface area contributed by atoms with Gasteiger partial charge in [-0.3, -0.25) is 0 Å². The molecule has 2 aliphatic heterocycles. The van der Waals surface area contributed by atoms with Gasteiger partial charge in [-0.05, 0) is 54.0 Å². The molecule has 0 spiro atoms. The second-order valence-corrected chi connectivity index (χ2v) is 10.3. The molecule has 4 heterocycles. The van der Waals surface area contributed by atoms with Crippen LogP contribution in [0.3, 0.4) is 0 Å². The van der Waals surface area contributed by atoms with Crippen molar-refractivity contribution in [3.8, 4) is 5.75 Å². The quantitative estimate of drug-likeness (QED) is 0.513. The summed E-state index contributed by atoms with van der Waals surface area (Å²) >= 11 is 0. The van der Waals surface area contributed by atoms with Gasteiger partial charge in [0.05, 0.1) is 19.0 Å². The Hall–Kier alpha value is -3.40. The predicted octanol–water partition coefficient (Wildman–Crippen LogP) is 3.89. The van der Waals surface area contributed by atoms with E-state index in [0.717, 1.165) is 49.6 Å². The lowest BCUT2D eigenvalue weighted by molar-refractivity contribution is 0.221. The van der Waals surface area contributed by atoms with Crippen LogP contribution in [0.15, 0.2) is 43.0 Å². The average molecular weight is 510 g/mol. The highest BCUT2D eigenvalue weighted by Crippen LogP contribution is 2.31. The van der Waals surface area contributed by atoms with Crippen LogP contribution in [0.2, 0.25) is 0 Å². The lowest BCUT2D eigenvalue weighted by Gasteiger charge is -2.31. The number of aromatic nitrogens is 4. The molecular formula is C27H33F2N7O. The molecule has 2 N–H and O–H groups in total. The SMILES string of the molecule is CC(C)c1cnc(N2CCC(COc3cnc(N4C[C@H](c5cc(F)ccc5F)[C@@H](N)C4)nc3)CC2)nc1. The highest BCUT2D eigenvalue weighted by Gasteiger charge is 2.34. The summed E-state index contributed by atoms with van der Waals surface area (Å²) in [5, 5.41) is 0. The summed E-state index contributed by atoms with van der Waals surface area (Å²) in [5.74, 6) is 1.49. The number of nitrogens with zero attached hydrogens (tertiary/aromatic N) is 6. The summed E-state index contributed by atoms with van der Waals surface area (Å²) in [5.41, 5.74) is 7.70. The summed E-state index contributed by atoms with van der Waals surface area (Å²) < 4.78 is 33.9. The van der Waals surface area contributed by atoms with Crippen LogP contribution in [0.25, 0.3) is 0 Å². The Kier molecular flexibility index (Phi) is 7.45. The van der Waals surface area contributed by atoms with Gasteiger partial charge in [0.1, 0.15) is 11.6 Å². The molecule has 0 aliphatic carbocycles. The van der Waals surface area contributed by atoms with Crippen molar-refractivity contribution in [2.45, 2.75) is 44.6 Å². The van der Waals surface area contributed by atoms with Crippen LogP contribution in [0.1, 0.15) is 49.7 Å². The van der Waals surface area contributed by atoms with Crippen molar-refractivity contribution < 1.29 is 13.5 Å². The molecule has 2 aliphatic rings. The minimum atomic E-state index is -0.473. The number of ether oxygens (including phenoxy) is 1. The molecule has 0 saturated carbocycles. The minimum Gasteiger partial charge on any atom is -0.490 e. The third-order valence-electron chi connectivity index (χ3n) is 7.33. The first-order valence-electron chi connectivity index (χ1n) is 12.8. The summed E-state index contributed by atoms with van der Waals surface area (Å²) in [4.78, 5) is 22.1. The molecule has 2 saturated heterocycles. The molecule has 2 aromatic heterocycles. The Balaban J connectivity index is 1.11. The van der Waals surface area contributed by atoms with E-state index in [9.17, 15) is 8.78 Å². The third kappa shape index (κ3) is 5.79. The molecule has 8 nitrogen and oxygen atoms in total. The first kappa shape index (κ1) is 25.3. The van der Waals surface area contributed by atoms with Gasteiger partial charge in [0.2, 0.25) is 11.9 Å². The number of rotatable bonds is 7. The number of halogens is 2. The Morgan fingerprint density at radius 2 is 1.59 bits per heavy atom. The van der Waals surface area contributed by atoms with Crippen molar-refractivity contribution in [1.29, 1.82) is 0 Å². The fourth-order valence-corrected chi connectivity index (χ4v) is 4.97. The summed E-state index contributed by atoms with van der Waals surface area (Å²) in [6.45, 7) is 7.54. The van der Waals surface area contributed by atoms with E-state index in [-0.39, 0.29) is 12.0 Å². The van der Waals surface area contributed by atoms with E-state index in [1.54, 1.807) is 12.4 Å². The van der Waals surface area contributed by atoms with Crippen LogP contribution >= 0.6 is 0 Å². The average Bonchev–Trinajstić information content (AvgIpc) is 3.30. The van der Waals surface area contributed by atoms with Crippen LogP contribution in [0, 0.1) is 17.6 Å². The Labute approximate surface area is 215 Å². The number of hydrogen-bond acceptors (Lipinski definition) is 8. The summed E-state index contributed by atoms with van der Waals surface area (Å²) in [6, 6.07) is 3.13. The van der Waals surface area contributed by atoms with Crippen molar-refractivity contribution in [2.24, 2.45) is 11.7 Å². The zero-order valence-corrected chi connectivity index (χ0v) is 21.2. The van der Waals surface area contributed by atoms with E-state index in [1.165, 1.54) is 6.07 Å². The summed E-state index contributed by atoms with van der Waals surface area (Å²) in [6.07, 6.45) is 9.14. The van der Waals surface area contributed by atoms with Crippen molar-refractivity contribution >= 4 is 11.9 Å².